The molecule has 16 heavy (non-hydrogen) atoms. The molecule has 0 amide bonds. The Morgan fingerprint density at radius 2 is 2.19 bits per heavy atom. The van der Waals surface area contributed by atoms with E-state index in [-0.39, 0.29) is 0 Å². The highest BCUT2D eigenvalue weighted by molar-refractivity contribution is 5.97. The van der Waals surface area contributed by atoms with Crippen molar-refractivity contribution in [3.63, 3.8) is 0 Å². The van der Waals surface area contributed by atoms with Crippen LogP contribution in [0.4, 0.5) is 0 Å². The molecule has 0 saturated carbocycles. The molecule has 0 fully saturated rings. The Bertz CT molecular complexity index is 441. The Kier molecular flexibility index (Phi) is 2.87. The van der Waals surface area contributed by atoms with Gasteiger partial charge in [0.1, 0.15) is 6.61 Å². The normalized spacial score (nSPS) is 16.4. The Morgan fingerprint density at radius 3 is 2.81 bits per heavy atom. The van der Waals surface area contributed by atoms with Crippen molar-refractivity contribution in [2.45, 2.75) is 6.10 Å². The molecule has 0 aromatic heterocycles. The molecule has 1 aromatic rings. The van der Waals surface area contributed by atoms with Crippen molar-refractivity contribution < 1.29 is 19.7 Å². The predicted molar refractivity (Wildman–Crippen MR) is 56.4 cm³/mol. The molecule has 5 nitrogen and oxygen atoms in total. The van der Waals surface area contributed by atoms with Gasteiger partial charge < -0.3 is 14.9 Å². The number of carbonyl (C=O) groups is 1. The lowest BCUT2D eigenvalue weighted by Gasteiger charge is -2.11. The van der Waals surface area contributed by atoms with Crippen LogP contribution in [0.2, 0.25) is 0 Å². The summed E-state index contributed by atoms with van der Waals surface area (Å²) in [5.41, 5.74) is 0.838. The molecule has 1 aliphatic heterocycles. The second-order valence-electron chi connectivity index (χ2n) is 3.36. The van der Waals surface area contributed by atoms with Gasteiger partial charge in [0.2, 0.25) is 5.90 Å². The molecular weight excluding hydrogens is 210 g/mol. The zero-order chi connectivity index (χ0) is 11.5. The van der Waals surface area contributed by atoms with Gasteiger partial charge in [0.05, 0.1) is 6.54 Å². The number of aliphatic carboxylic acids is 1. The first-order valence-electron chi connectivity index (χ1n) is 4.87. The summed E-state index contributed by atoms with van der Waals surface area (Å²) in [7, 11) is 0. The smallest absolute Gasteiger partial charge is 0.337 e. The molecule has 0 aliphatic carbocycles. The third-order valence-electron chi connectivity index (χ3n) is 2.31. The minimum Gasteiger partial charge on any atom is -0.479 e. The predicted octanol–water partition coefficient (Wildman–Crippen LogP) is 0.581. The summed E-state index contributed by atoms with van der Waals surface area (Å²) in [5, 5.41) is 18.3. The number of carboxylic acids is 1. The van der Waals surface area contributed by atoms with E-state index >= 15 is 0 Å². The first-order valence-corrected chi connectivity index (χ1v) is 4.87. The van der Waals surface area contributed by atoms with Crippen LogP contribution in [0, 0.1) is 0 Å². The zero-order valence-corrected chi connectivity index (χ0v) is 8.46. The maximum atomic E-state index is 10.7. The van der Waals surface area contributed by atoms with Gasteiger partial charge >= 0.3 is 5.97 Å². The second-order valence-corrected chi connectivity index (χ2v) is 3.36. The van der Waals surface area contributed by atoms with E-state index < -0.39 is 12.1 Å². The molecule has 0 radical (unpaired) electrons. The van der Waals surface area contributed by atoms with Crippen LogP contribution >= 0.6 is 0 Å². The minimum absolute atomic E-state index is 0.302. The third-order valence-corrected chi connectivity index (χ3v) is 2.31. The van der Waals surface area contributed by atoms with E-state index in [0.29, 0.717) is 30.2 Å². The lowest BCUT2D eigenvalue weighted by Crippen LogP contribution is -2.15. The standard InChI is InChI=1S/C11H11NO4/c13-9(11(14)15)7-3-1-2-4-8(7)10-12-5-6-16-10/h1-4,9,13H,5-6H2,(H,14,15). The average Bonchev–Trinajstić information content (AvgIpc) is 2.81. The van der Waals surface area contributed by atoms with Crippen LogP contribution in [-0.4, -0.2) is 35.2 Å². The van der Waals surface area contributed by atoms with Crippen molar-refractivity contribution in [3.05, 3.63) is 35.4 Å². The third kappa shape index (κ3) is 1.90. The molecule has 2 N–H and O–H groups in total. The molecule has 1 atom stereocenters. The lowest BCUT2D eigenvalue weighted by molar-refractivity contribution is -0.146. The summed E-state index contributed by atoms with van der Waals surface area (Å²) in [6, 6.07) is 6.65. The van der Waals surface area contributed by atoms with Crippen molar-refractivity contribution in [2.75, 3.05) is 13.2 Å². The van der Waals surface area contributed by atoms with Crippen molar-refractivity contribution >= 4 is 11.9 Å². The molecule has 0 spiro atoms. The fraction of sp³-hybridized carbons (Fsp3) is 0.273. The fourth-order valence-electron chi connectivity index (χ4n) is 1.56. The molecule has 0 saturated heterocycles. The summed E-state index contributed by atoms with van der Waals surface area (Å²) in [6.45, 7) is 1.06. The van der Waals surface area contributed by atoms with Crippen LogP contribution in [0.3, 0.4) is 0 Å². The number of benzene rings is 1. The van der Waals surface area contributed by atoms with Gasteiger partial charge in [-0.2, -0.15) is 0 Å². The number of carboxylic acid groups (broad SMARTS) is 1. The molecule has 84 valence electrons. The van der Waals surface area contributed by atoms with Gasteiger partial charge in [-0.15, -0.1) is 0 Å². The van der Waals surface area contributed by atoms with Gasteiger partial charge in [0, 0.05) is 11.1 Å². The van der Waals surface area contributed by atoms with Crippen LogP contribution in [0.15, 0.2) is 29.3 Å². The van der Waals surface area contributed by atoms with Crippen LogP contribution in [-0.2, 0) is 9.53 Å². The van der Waals surface area contributed by atoms with Gasteiger partial charge in [-0.1, -0.05) is 18.2 Å². The molecular formula is C11H11NO4. The van der Waals surface area contributed by atoms with Gasteiger partial charge in [0.15, 0.2) is 6.10 Å². The van der Waals surface area contributed by atoms with E-state index in [9.17, 15) is 9.90 Å². The highest BCUT2D eigenvalue weighted by Crippen LogP contribution is 2.20. The maximum Gasteiger partial charge on any atom is 0.337 e. The highest BCUT2D eigenvalue weighted by Gasteiger charge is 2.23. The highest BCUT2D eigenvalue weighted by atomic mass is 16.5. The fourth-order valence-corrected chi connectivity index (χ4v) is 1.56. The number of nitrogens with zero attached hydrogens (tertiary/aromatic N) is 1. The monoisotopic (exact) mass is 221 g/mol. The van der Waals surface area contributed by atoms with Crippen LogP contribution in [0.5, 0.6) is 0 Å². The van der Waals surface area contributed by atoms with Gasteiger partial charge in [0.25, 0.3) is 0 Å². The van der Waals surface area contributed by atoms with E-state index in [1.165, 1.54) is 0 Å². The van der Waals surface area contributed by atoms with Crippen LogP contribution < -0.4 is 0 Å². The number of aliphatic imine (C=N–C) groups is 1. The number of rotatable bonds is 3. The Morgan fingerprint density at radius 1 is 1.44 bits per heavy atom. The quantitative estimate of drug-likeness (QED) is 0.782. The topological polar surface area (TPSA) is 79.1 Å². The van der Waals surface area contributed by atoms with E-state index in [1.807, 2.05) is 0 Å². The molecule has 1 aliphatic rings. The Balaban J connectivity index is 2.41. The Labute approximate surface area is 92.0 Å². The van der Waals surface area contributed by atoms with E-state index in [1.54, 1.807) is 24.3 Å². The van der Waals surface area contributed by atoms with Crippen molar-refractivity contribution in [3.8, 4) is 0 Å². The van der Waals surface area contributed by atoms with Crippen LogP contribution in [0.25, 0.3) is 0 Å². The van der Waals surface area contributed by atoms with Gasteiger partial charge in [-0.25, -0.2) is 9.79 Å². The van der Waals surface area contributed by atoms with Gasteiger partial charge in [-0.05, 0) is 6.07 Å². The molecule has 1 heterocycles. The minimum atomic E-state index is -1.55. The number of hydrogen-bond acceptors (Lipinski definition) is 4. The lowest BCUT2D eigenvalue weighted by atomic mass is 10.0. The van der Waals surface area contributed by atoms with Crippen molar-refractivity contribution in [2.24, 2.45) is 4.99 Å². The number of hydrogen-bond donors (Lipinski definition) is 2. The molecule has 1 unspecified atom stereocenters. The molecule has 0 bridgehead atoms. The first kappa shape index (κ1) is 10.6. The summed E-state index contributed by atoms with van der Waals surface area (Å²) in [4.78, 5) is 14.8. The summed E-state index contributed by atoms with van der Waals surface area (Å²) < 4.78 is 5.26. The summed E-state index contributed by atoms with van der Waals surface area (Å²) in [5.74, 6) is -0.887. The SMILES string of the molecule is O=C(O)C(O)c1ccccc1C1=NCCO1. The number of aliphatic hydroxyl groups is 1. The van der Waals surface area contributed by atoms with Crippen LogP contribution in [0.1, 0.15) is 17.2 Å². The van der Waals surface area contributed by atoms with Crippen molar-refractivity contribution in [1.29, 1.82) is 0 Å². The zero-order valence-electron chi connectivity index (χ0n) is 8.46. The van der Waals surface area contributed by atoms with E-state index in [4.69, 9.17) is 9.84 Å². The largest absolute Gasteiger partial charge is 0.479 e. The molecule has 2 rings (SSSR count). The summed E-state index contributed by atoms with van der Waals surface area (Å²) in [6.07, 6.45) is -1.55. The summed E-state index contributed by atoms with van der Waals surface area (Å²) >= 11 is 0. The van der Waals surface area contributed by atoms with Crippen molar-refractivity contribution in [1.82, 2.24) is 0 Å². The second kappa shape index (κ2) is 4.32. The molecule has 1 aromatic carbocycles. The number of ether oxygens (including phenoxy) is 1. The maximum absolute atomic E-state index is 10.7. The molecule has 5 heteroatoms. The average molecular weight is 221 g/mol. The van der Waals surface area contributed by atoms with E-state index in [2.05, 4.69) is 4.99 Å². The first-order chi connectivity index (χ1) is 7.70. The Hall–Kier alpha value is -1.88. The number of aliphatic hydroxyl groups excluding tert-OH is 1. The van der Waals surface area contributed by atoms with Gasteiger partial charge in [-0.3, -0.25) is 0 Å². The van der Waals surface area contributed by atoms with E-state index in [0.717, 1.165) is 0 Å².